The van der Waals surface area contributed by atoms with Crippen molar-refractivity contribution >= 4 is 46.3 Å². The first-order valence-electron chi connectivity index (χ1n) is 13.1. The molecule has 2 N–H and O–H groups in total. The van der Waals surface area contributed by atoms with Gasteiger partial charge in [-0.15, -0.1) is 0 Å². The molecule has 6 aromatic carbocycles. The van der Waals surface area contributed by atoms with Crippen LogP contribution in [0.15, 0.2) is 116 Å². The van der Waals surface area contributed by atoms with Crippen molar-refractivity contribution in [1.82, 2.24) is 0 Å². The lowest BCUT2D eigenvalue weighted by Gasteiger charge is -2.18. The Balaban J connectivity index is 1.65. The van der Waals surface area contributed by atoms with Gasteiger partial charge < -0.3 is 10.0 Å². The maximum Gasteiger partial charge on any atom is 0.489 e. The summed E-state index contributed by atoms with van der Waals surface area (Å²) in [6, 6.07) is 35.7. The highest BCUT2D eigenvalue weighted by molar-refractivity contribution is 6.62. The maximum absolute atomic E-state index is 10.2. The van der Waals surface area contributed by atoms with Crippen LogP contribution in [-0.2, 0) is 0 Å². The summed E-state index contributed by atoms with van der Waals surface area (Å²) in [4.78, 5) is 0. The SMILES string of the molecule is C=Cc1cccc(-c2ccc(-c3cccc4ccccc34)c3c2-c2cccc4c(B(O)O)ccc-3c24)c1C=C. The highest BCUT2D eigenvalue weighted by Gasteiger charge is 2.30. The van der Waals surface area contributed by atoms with Gasteiger partial charge in [0.2, 0.25) is 0 Å². The van der Waals surface area contributed by atoms with Crippen molar-refractivity contribution in [3.05, 3.63) is 127 Å². The zero-order valence-electron chi connectivity index (χ0n) is 21.4. The van der Waals surface area contributed by atoms with Gasteiger partial charge in [0.05, 0.1) is 0 Å². The summed E-state index contributed by atoms with van der Waals surface area (Å²) in [6.45, 7) is 8.15. The molecule has 2 nitrogen and oxygen atoms in total. The van der Waals surface area contributed by atoms with Crippen LogP contribution in [0.2, 0.25) is 0 Å². The van der Waals surface area contributed by atoms with E-state index in [0.717, 1.165) is 60.8 Å². The molecule has 0 fully saturated rings. The number of benzene rings is 6. The summed E-state index contributed by atoms with van der Waals surface area (Å²) in [5, 5.41) is 24.7. The molecule has 0 aromatic heterocycles. The van der Waals surface area contributed by atoms with Gasteiger partial charge in [0.15, 0.2) is 0 Å². The number of hydrogen-bond acceptors (Lipinski definition) is 2. The Kier molecular flexibility index (Phi) is 5.38. The molecule has 0 saturated carbocycles. The van der Waals surface area contributed by atoms with Crippen LogP contribution < -0.4 is 5.46 Å². The Morgan fingerprint density at radius 2 is 1.10 bits per heavy atom. The van der Waals surface area contributed by atoms with Crippen molar-refractivity contribution in [1.29, 1.82) is 0 Å². The minimum absolute atomic E-state index is 0.511. The fraction of sp³-hybridized carbons (Fsp3) is 0. The van der Waals surface area contributed by atoms with Crippen LogP contribution in [0.1, 0.15) is 11.1 Å². The van der Waals surface area contributed by atoms with E-state index in [1.807, 2.05) is 36.4 Å². The van der Waals surface area contributed by atoms with Crippen molar-refractivity contribution in [2.75, 3.05) is 0 Å². The van der Waals surface area contributed by atoms with Crippen LogP contribution in [0.25, 0.3) is 78.2 Å². The van der Waals surface area contributed by atoms with Gasteiger partial charge in [-0.1, -0.05) is 128 Å². The molecular weight excluding hydrogens is 475 g/mol. The number of hydrogen-bond donors (Lipinski definition) is 2. The van der Waals surface area contributed by atoms with Crippen LogP contribution >= 0.6 is 0 Å². The third-order valence-corrected chi connectivity index (χ3v) is 8.03. The van der Waals surface area contributed by atoms with Crippen LogP contribution in [0, 0.1) is 0 Å². The van der Waals surface area contributed by atoms with Crippen molar-refractivity contribution in [2.45, 2.75) is 0 Å². The van der Waals surface area contributed by atoms with Gasteiger partial charge in [-0.3, -0.25) is 0 Å². The molecule has 1 aliphatic rings. The van der Waals surface area contributed by atoms with Crippen molar-refractivity contribution < 1.29 is 10.0 Å². The van der Waals surface area contributed by atoms with E-state index < -0.39 is 7.12 Å². The summed E-state index contributed by atoms with van der Waals surface area (Å²) in [5.41, 5.74) is 11.6. The predicted octanol–water partition coefficient (Wildman–Crippen LogP) is 7.94. The first-order valence-corrected chi connectivity index (χ1v) is 13.1. The lowest BCUT2D eigenvalue weighted by molar-refractivity contribution is 0.426. The van der Waals surface area contributed by atoms with E-state index in [2.05, 4.69) is 92.0 Å². The molecule has 0 amide bonds. The third kappa shape index (κ3) is 3.38. The van der Waals surface area contributed by atoms with Crippen LogP contribution in [0.3, 0.4) is 0 Å². The van der Waals surface area contributed by atoms with E-state index in [9.17, 15) is 10.0 Å². The molecule has 3 heteroatoms. The maximum atomic E-state index is 10.2. The van der Waals surface area contributed by atoms with Gasteiger partial charge in [-0.2, -0.15) is 0 Å². The second kappa shape index (κ2) is 8.95. The highest BCUT2D eigenvalue weighted by atomic mass is 16.4. The average molecular weight is 500 g/mol. The smallest absolute Gasteiger partial charge is 0.423 e. The summed E-state index contributed by atoms with van der Waals surface area (Å²) in [5.74, 6) is 0. The molecule has 39 heavy (non-hydrogen) atoms. The van der Waals surface area contributed by atoms with E-state index in [1.54, 1.807) is 0 Å². The molecule has 1 aliphatic carbocycles. The first-order chi connectivity index (χ1) is 19.1. The average Bonchev–Trinajstić information content (AvgIpc) is 3.32. The summed E-state index contributed by atoms with van der Waals surface area (Å²) < 4.78 is 0. The van der Waals surface area contributed by atoms with Crippen molar-refractivity contribution in [2.24, 2.45) is 0 Å². The second-order valence-electron chi connectivity index (χ2n) is 9.96. The molecule has 0 unspecified atom stereocenters. The van der Waals surface area contributed by atoms with Crippen molar-refractivity contribution in [3.8, 4) is 44.5 Å². The van der Waals surface area contributed by atoms with Gasteiger partial charge in [0, 0.05) is 0 Å². The monoisotopic (exact) mass is 500 g/mol. The quantitative estimate of drug-likeness (QED) is 0.236. The van der Waals surface area contributed by atoms with Gasteiger partial charge >= 0.3 is 7.12 Å². The van der Waals surface area contributed by atoms with E-state index in [1.165, 1.54) is 16.3 Å². The van der Waals surface area contributed by atoms with Crippen molar-refractivity contribution in [3.63, 3.8) is 0 Å². The molecule has 0 spiro atoms. The molecule has 0 atom stereocenters. The molecular formula is C36H25BO2. The minimum Gasteiger partial charge on any atom is -0.423 e. The Morgan fingerprint density at radius 1 is 0.513 bits per heavy atom. The van der Waals surface area contributed by atoms with Gasteiger partial charge in [-0.25, -0.2) is 0 Å². The topological polar surface area (TPSA) is 40.5 Å². The highest BCUT2D eigenvalue weighted by Crippen LogP contribution is 2.55. The normalized spacial score (nSPS) is 11.5. The summed E-state index contributed by atoms with van der Waals surface area (Å²) in [6.07, 6.45) is 3.77. The molecule has 0 bridgehead atoms. The van der Waals surface area contributed by atoms with Crippen LogP contribution in [0.5, 0.6) is 0 Å². The predicted molar refractivity (Wildman–Crippen MR) is 167 cm³/mol. The van der Waals surface area contributed by atoms with Crippen LogP contribution in [0.4, 0.5) is 0 Å². The first kappa shape index (κ1) is 23.4. The zero-order valence-corrected chi connectivity index (χ0v) is 21.4. The Morgan fingerprint density at radius 3 is 1.87 bits per heavy atom. The van der Waals surface area contributed by atoms with Crippen LogP contribution in [-0.4, -0.2) is 17.2 Å². The molecule has 0 saturated heterocycles. The lowest BCUT2D eigenvalue weighted by atomic mass is 9.76. The Labute approximate surface area is 228 Å². The van der Waals surface area contributed by atoms with E-state index in [4.69, 9.17) is 0 Å². The van der Waals surface area contributed by atoms with Gasteiger partial charge in [0.1, 0.15) is 0 Å². The second-order valence-corrected chi connectivity index (χ2v) is 9.96. The molecule has 6 aromatic rings. The molecule has 0 heterocycles. The van der Waals surface area contributed by atoms with E-state index in [0.29, 0.717) is 5.46 Å². The molecule has 184 valence electrons. The van der Waals surface area contributed by atoms with Gasteiger partial charge in [0.25, 0.3) is 0 Å². The lowest BCUT2D eigenvalue weighted by Crippen LogP contribution is -2.30. The number of rotatable bonds is 5. The standard InChI is InChI=1S/C36H25BO2/c1-3-22-11-7-14-26(24(22)4-2)28-18-19-29(27-15-8-12-23-10-5-6-13-25(23)27)36-32-20-21-33(37(38)39)30-16-9-17-31(34(30)32)35(28)36/h3-21,38-39H,1-2H2. The fourth-order valence-corrected chi connectivity index (χ4v) is 6.37. The summed E-state index contributed by atoms with van der Waals surface area (Å²) in [7, 11) is -1.55. The molecule has 7 rings (SSSR count). The molecule has 0 radical (unpaired) electrons. The molecule has 0 aliphatic heterocycles. The fourth-order valence-electron chi connectivity index (χ4n) is 6.37. The number of fused-ring (bicyclic) bond motifs is 4. The summed E-state index contributed by atoms with van der Waals surface area (Å²) >= 11 is 0. The Bertz CT molecular complexity index is 1980. The Hall–Kier alpha value is -4.70. The largest absolute Gasteiger partial charge is 0.489 e. The minimum atomic E-state index is -1.55. The van der Waals surface area contributed by atoms with Gasteiger partial charge in [-0.05, 0) is 82.6 Å². The van der Waals surface area contributed by atoms with E-state index >= 15 is 0 Å². The third-order valence-electron chi connectivity index (χ3n) is 8.03. The zero-order chi connectivity index (χ0) is 26.7. The van der Waals surface area contributed by atoms with E-state index in [-0.39, 0.29) is 0 Å².